The van der Waals surface area contributed by atoms with Crippen LogP contribution < -0.4 is 4.74 Å². The molecule has 12 heteroatoms. The second-order valence-electron chi connectivity index (χ2n) is 4.56. The minimum Gasteiger partial charge on any atom is -0.503 e. The van der Waals surface area contributed by atoms with Crippen molar-refractivity contribution in [3.05, 3.63) is 58.2 Å². The fraction of sp³-hybridized carbons (Fsp3) is 0.0667. The van der Waals surface area contributed by atoms with Crippen LogP contribution in [0.4, 0.5) is 26.3 Å². The van der Waals surface area contributed by atoms with E-state index < -0.39 is 69.5 Å². The highest BCUT2D eigenvalue weighted by Gasteiger charge is 2.23. The average molecular weight is 398 g/mol. The summed E-state index contributed by atoms with van der Waals surface area (Å²) in [6.07, 6.45) is 0. The van der Waals surface area contributed by atoms with Crippen LogP contribution >= 0.6 is 0 Å². The first-order valence-corrected chi connectivity index (χ1v) is 6.48. The fourth-order valence-electron chi connectivity index (χ4n) is 1.66. The number of halogens is 6. The van der Waals surface area contributed by atoms with E-state index in [-0.39, 0.29) is 12.1 Å². The molecule has 0 amide bonds. The zero-order valence-corrected chi connectivity index (χ0v) is 13.0. The van der Waals surface area contributed by atoms with Crippen LogP contribution in [0, 0.1) is 34.9 Å². The molecule has 0 fully saturated rings. The van der Waals surface area contributed by atoms with Gasteiger partial charge in [-0.2, -0.15) is 8.78 Å². The molecule has 0 aromatic heterocycles. The standard InChI is InChI=1S/C8H5F3O3.C7H3F3O3/c1-14-7-5(10)3(8(12)13)2-4(9)6(7)11;8-3-1-2(7(12)13)4(9)6(11)5(3)10/h2H,1H3,(H,12,13);1,11H,(H,12,13). The Bertz CT molecular complexity index is 915. The first kappa shape index (κ1) is 21.6. The molecule has 0 atom stereocenters. The summed E-state index contributed by atoms with van der Waals surface area (Å²) in [6.45, 7) is 0. The molecule has 2 rings (SSSR count). The van der Waals surface area contributed by atoms with Crippen LogP contribution in [0.3, 0.4) is 0 Å². The van der Waals surface area contributed by atoms with Gasteiger partial charge in [0.25, 0.3) is 0 Å². The number of hydrogen-bond acceptors (Lipinski definition) is 4. The predicted octanol–water partition coefficient (Wildman–Crippen LogP) is 3.32. The molecule has 0 spiro atoms. The van der Waals surface area contributed by atoms with Gasteiger partial charge in [0.15, 0.2) is 34.8 Å². The summed E-state index contributed by atoms with van der Waals surface area (Å²) in [7, 11) is 0.909. The van der Waals surface area contributed by atoms with E-state index in [0.717, 1.165) is 7.11 Å². The molecule has 0 aliphatic heterocycles. The second kappa shape index (κ2) is 8.29. The van der Waals surface area contributed by atoms with E-state index >= 15 is 0 Å². The maximum Gasteiger partial charge on any atom is 0.338 e. The van der Waals surface area contributed by atoms with E-state index in [4.69, 9.17) is 15.3 Å². The van der Waals surface area contributed by atoms with Crippen molar-refractivity contribution in [1.82, 2.24) is 0 Å². The molecule has 0 radical (unpaired) electrons. The Hall–Kier alpha value is -3.44. The molecule has 6 nitrogen and oxygen atoms in total. The Morgan fingerprint density at radius 3 is 1.59 bits per heavy atom. The third-order valence-electron chi connectivity index (χ3n) is 2.91. The summed E-state index contributed by atoms with van der Waals surface area (Å²) >= 11 is 0. The van der Waals surface area contributed by atoms with Gasteiger partial charge in [0.1, 0.15) is 11.1 Å². The Kier molecular flexibility index (Phi) is 6.64. The van der Waals surface area contributed by atoms with Crippen molar-refractivity contribution < 1.29 is 56.0 Å². The number of hydrogen-bond donors (Lipinski definition) is 3. The van der Waals surface area contributed by atoms with Gasteiger partial charge in [0, 0.05) is 0 Å². The molecule has 0 aliphatic carbocycles. The first-order valence-electron chi connectivity index (χ1n) is 6.48. The van der Waals surface area contributed by atoms with Crippen molar-refractivity contribution in [3.8, 4) is 11.5 Å². The number of carboxylic acid groups (broad SMARTS) is 2. The Balaban J connectivity index is 0.000000271. The minimum atomic E-state index is -1.80. The van der Waals surface area contributed by atoms with Crippen LogP contribution in [0.5, 0.6) is 11.5 Å². The zero-order valence-electron chi connectivity index (χ0n) is 13.0. The lowest BCUT2D eigenvalue weighted by Gasteiger charge is -2.06. The number of aromatic hydroxyl groups is 1. The number of rotatable bonds is 3. The molecular formula is C15H8F6O6. The molecule has 0 unspecified atom stereocenters. The third kappa shape index (κ3) is 4.40. The summed E-state index contributed by atoms with van der Waals surface area (Å²) in [5.41, 5.74) is -2.09. The zero-order chi connectivity index (χ0) is 21.0. The van der Waals surface area contributed by atoms with Crippen molar-refractivity contribution >= 4 is 11.9 Å². The number of ether oxygens (including phenoxy) is 1. The van der Waals surface area contributed by atoms with E-state index in [1.807, 2.05) is 0 Å². The molecule has 27 heavy (non-hydrogen) atoms. The van der Waals surface area contributed by atoms with Crippen molar-refractivity contribution in [2.45, 2.75) is 0 Å². The van der Waals surface area contributed by atoms with Gasteiger partial charge in [0.05, 0.1) is 7.11 Å². The lowest BCUT2D eigenvalue weighted by Crippen LogP contribution is -2.06. The number of benzene rings is 2. The normalized spacial score (nSPS) is 10.0. The highest BCUT2D eigenvalue weighted by molar-refractivity contribution is 5.89. The number of phenols is 1. The molecule has 2 aromatic carbocycles. The molecule has 0 aliphatic rings. The van der Waals surface area contributed by atoms with E-state index in [9.17, 15) is 35.9 Å². The van der Waals surface area contributed by atoms with Gasteiger partial charge in [-0.25, -0.2) is 27.2 Å². The second-order valence-corrected chi connectivity index (χ2v) is 4.56. The van der Waals surface area contributed by atoms with Crippen LogP contribution in [0.25, 0.3) is 0 Å². The molecular weight excluding hydrogens is 390 g/mol. The maximum atomic E-state index is 13.1. The van der Waals surface area contributed by atoms with E-state index in [1.165, 1.54) is 0 Å². The number of phenolic OH excluding ortho intramolecular Hbond substituents is 1. The van der Waals surface area contributed by atoms with Crippen molar-refractivity contribution in [3.63, 3.8) is 0 Å². The molecule has 0 saturated heterocycles. The van der Waals surface area contributed by atoms with Crippen LogP contribution in [-0.2, 0) is 0 Å². The highest BCUT2D eigenvalue weighted by Crippen LogP contribution is 2.27. The lowest BCUT2D eigenvalue weighted by atomic mass is 10.2. The van der Waals surface area contributed by atoms with Crippen molar-refractivity contribution in [2.75, 3.05) is 7.11 Å². The molecule has 3 N–H and O–H groups in total. The third-order valence-corrected chi connectivity index (χ3v) is 2.91. The molecule has 2 aromatic rings. The summed E-state index contributed by atoms with van der Waals surface area (Å²) in [4.78, 5) is 20.6. The summed E-state index contributed by atoms with van der Waals surface area (Å²) in [5, 5.41) is 25.2. The van der Waals surface area contributed by atoms with Gasteiger partial charge in [-0.15, -0.1) is 0 Å². The van der Waals surface area contributed by atoms with Crippen LogP contribution in [0.1, 0.15) is 20.7 Å². The topological polar surface area (TPSA) is 104 Å². The maximum absolute atomic E-state index is 13.1. The Morgan fingerprint density at radius 2 is 1.19 bits per heavy atom. The van der Waals surface area contributed by atoms with Gasteiger partial charge in [-0.05, 0) is 12.1 Å². The summed E-state index contributed by atoms with van der Waals surface area (Å²) < 4.78 is 80.1. The van der Waals surface area contributed by atoms with Crippen LogP contribution in [0.15, 0.2) is 12.1 Å². The summed E-state index contributed by atoms with van der Waals surface area (Å²) in [5.74, 6) is -15.7. The van der Waals surface area contributed by atoms with Crippen molar-refractivity contribution in [1.29, 1.82) is 0 Å². The summed E-state index contributed by atoms with van der Waals surface area (Å²) in [6, 6.07) is 0.419. The monoisotopic (exact) mass is 398 g/mol. The van der Waals surface area contributed by atoms with E-state index in [2.05, 4.69) is 4.74 Å². The van der Waals surface area contributed by atoms with E-state index in [1.54, 1.807) is 0 Å². The quantitative estimate of drug-likeness (QED) is 0.541. The van der Waals surface area contributed by atoms with Crippen LogP contribution in [-0.4, -0.2) is 34.4 Å². The van der Waals surface area contributed by atoms with Gasteiger partial charge >= 0.3 is 11.9 Å². The Morgan fingerprint density at radius 1 is 0.778 bits per heavy atom. The number of aromatic carboxylic acids is 2. The molecule has 0 bridgehead atoms. The predicted molar refractivity (Wildman–Crippen MR) is 74.8 cm³/mol. The van der Waals surface area contributed by atoms with Gasteiger partial charge in [-0.3, -0.25) is 0 Å². The lowest BCUT2D eigenvalue weighted by molar-refractivity contribution is 0.0679. The molecule has 0 heterocycles. The van der Waals surface area contributed by atoms with Gasteiger partial charge < -0.3 is 20.1 Å². The molecule has 0 saturated carbocycles. The average Bonchev–Trinajstić information content (AvgIpc) is 2.60. The largest absolute Gasteiger partial charge is 0.503 e. The van der Waals surface area contributed by atoms with Crippen LogP contribution in [0.2, 0.25) is 0 Å². The van der Waals surface area contributed by atoms with Gasteiger partial charge in [-0.1, -0.05) is 0 Å². The number of carbonyl (C=O) groups is 2. The Labute approximate surface area is 145 Å². The highest BCUT2D eigenvalue weighted by atomic mass is 19.2. The molecule has 146 valence electrons. The number of carboxylic acids is 2. The van der Waals surface area contributed by atoms with Crippen molar-refractivity contribution in [2.24, 2.45) is 0 Å². The van der Waals surface area contributed by atoms with E-state index in [0.29, 0.717) is 0 Å². The fourth-order valence-corrected chi connectivity index (χ4v) is 1.66. The smallest absolute Gasteiger partial charge is 0.338 e. The SMILES string of the molecule is COc1c(F)c(F)cc(C(=O)O)c1F.O=C(O)c1cc(F)c(F)c(O)c1F. The first-order chi connectivity index (χ1) is 12.4. The minimum absolute atomic E-state index is 0.159. The van der Waals surface area contributed by atoms with Gasteiger partial charge in [0.2, 0.25) is 11.6 Å². The number of methoxy groups -OCH3 is 1.